The number of carbonyl (C=O) groups is 3. The van der Waals surface area contributed by atoms with Crippen molar-refractivity contribution in [3.05, 3.63) is 72.9 Å². The molecule has 1 atom stereocenters. The summed E-state index contributed by atoms with van der Waals surface area (Å²) in [6.45, 7) is 6.63. The summed E-state index contributed by atoms with van der Waals surface area (Å²) in [5, 5.41) is 0. The Morgan fingerprint density at radius 2 is 0.462 bits per heavy atom. The topological polar surface area (TPSA) is 78.9 Å². The molecule has 0 aliphatic carbocycles. The predicted octanol–water partition coefficient (Wildman–Crippen LogP) is 23.3. The van der Waals surface area contributed by atoms with Crippen LogP contribution in [0.2, 0.25) is 0 Å². The second-order valence-electron chi connectivity index (χ2n) is 22.7. The van der Waals surface area contributed by atoms with Crippen molar-refractivity contribution in [3.8, 4) is 0 Å². The van der Waals surface area contributed by atoms with Crippen LogP contribution in [-0.4, -0.2) is 37.2 Å². The van der Waals surface area contributed by atoms with Gasteiger partial charge in [-0.2, -0.15) is 0 Å². The molecule has 0 bridgehead atoms. The lowest BCUT2D eigenvalue weighted by atomic mass is 10.0. The monoisotopic (exact) mass is 1090 g/mol. The lowest BCUT2D eigenvalue weighted by Gasteiger charge is -2.18. The number of unbranched alkanes of at least 4 members (excludes halogenated alkanes) is 39. The molecule has 452 valence electrons. The average molecular weight is 1090 g/mol. The van der Waals surface area contributed by atoms with Gasteiger partial charge in [0.05, 0.1) is 0 Å². The van der Waals surface area contributed by atoms with Crippen molar-refractivity contribution in [3.63, 3.8) is 0 Å². The van der Waals surface area contributed by atoms with Crippen molar-refractivity contribution in [1.82, 2.24) is 0 Å². The Kier molecular flexibility index (Phi) is 63.7. The SMILES string of the molecule is CCCCCC/C=C\C/C=C\CCCCCCCCCC(=O)OC(COC(=O)CCCCCCC/C=C\CCCCCCCC)COC(=O)CCCCCCCCCCCCCC/C=C\C/C=C\C/C=C\CCCCCCC. The molecule has 0 aliphatic heterocycles. The van der Waals surface area contributed by atoms with E-state index < -0.39 is 6.10 Å². The third-order valence-electron chi connectivity index (χ3n) is 14.9. The first-order valence-electron chi connectivity index (χ1n) is 33.9. The van der Waals surface area contributed by atoms with E-state index in [0.717, 1.165) is 89.9 Å². The maximum atomic E-state index is 12.9. The molecule has 0 radical (unpaired) electrons. The molecule has 0 rings (SSSR count). The highest BCUT2D eigenvalue weighted by Gasteiger charge is 2.19. The molecule has 0 spiro atoms. The van der Waals surface area contributed by atoms with Gasteiger partial charge in [0.25, 0.3) is 0 Å². The average Bonchev–Trinajstić information content (AvgIpc) is 3.44. The molecule has 0 aromatic heterocycles. The summed E-state index contributed by atoms with van der Waals surface area (Å²) < 4.78 is 17.0. The van der Waals surface area contributed by atoms with Gasteiger partial charge in [0, 0.05) is 19.3 Å². The largest absolute Gasteiger partial charge is 0.462 e. The molecule has 6 nitrogen and oxygen atoms in total. The van der Waals surface area contributed by atoms with Crippen LogP contribution in [0.5, 0.6) is 0 Å². The number of carbonyl (C=O) groups excluding carboxylic acids is 3. The lowest BCUT2D eigenvalue weighted by molar-refractivity contribution is -0.167. The Morgan fingerprint density at radius 3 is 0.744 bits per heavy atom. The normalized spacial score (nSPS) is 12.5. The molecule has 0 fully saturated rings. The second kappa shape index (κ2) is 66.4. The predicted molar refractivity (Wildman–Crippen MR) is 339 cm³/mol. The van der Waals surface area contributed by atoms with Gasteiger partial charge in [-0.3, -0.25) is 14.4 Å². The summed E-state index contributed by atoms with van der Waals surface area (Å²) in [5.41, 5.74) is 0. The second-order valence-corrected chi connectivity index (χ2v) is 22.7. The molecule has 78 heavy (non-hydrogen) atoms. The van der Waals surface area contributed by atoms with Crippen molar-refractivity contribution in [2.45, 2.75) is 354 Å². The van der Waals surface area contributed by atoms with Gasteiger partial charge in [0.1, 0.15) is 13.2 Å². The van der Waals surface area contributed by atoms with Gasteiger partial charge in [-0.25, -0.2) is 0 Å². The number of hydrogen-bond acceptors (Lipinski definition) is 6. The van der Waals surface area contributed by atoms with Crippen LogP contribution in [0.3, 0.4) is 0 Å². The highest BCUT2D eigenvalue weighted by atomic mass is 16.6. The van der Waals surface area contributed by atoms with E-state index in [2.05, 4.69) is 93.7 Å². The van der Waals surface area contributed by atoms with E-state index in [4.69, 9.17) is 14.2 Å². The fraction of sp³-hybridized carbons (Fsp3) is 0.792. The van der Waals surface area contributed by atoms with Crippen LogP contribution in [0.15, 0.2) is 72.9 Å². The maximum Gasteiger partial charge on any atom is 0.306 e. The van der Waals surface area contributed by atoms with Gasteiger partial charge in [-0.05, 0) is 116 Å². The zero-order valence-corrected chi connectivity index (χ0v) is 51.9. The zero-order chi connectivity index (χ0) is 56.4. The van der Waals surface area contributed by atoms with Gasteiger partial charge in [0.15, 0.2) is 6.10 Å². The smallest absolute Gasteiger partial charge is 0.306 e. The van der Waals surface area contributed by atoms with Crippen molar-refractivity contribution < 1.29 is 28.6 Å². The number of esters is 3. The molecule has 0 aromatic carbocycles. The fourth-order valence-electron chi connectivity index (χ4n) is 9.77. The lowest BCUT2D eigenvalue weighted by Crippen LogP contribution is -2.30. The Balaban J connectivity index is 4.31. The van der Waals surface area contributed by atoms with E-state index in [9.17, 15) is 14.4 Å². The van der Waals surface area contributed by atoms with Gasteiger partial charge in [-0.15, -0.1) is 0 Å². The minimum atomic E-state index is -0.785. The van der Waals surface area contributed by atoms with Crippen molar-refractivity contribution in [2.75, 3.05) is 13.2 Å². The van der Waals surface area contributed by atoms with Crippen LogP contribution in [0.25, 0.3) is 0 Å². The van der Waals surface area contributed by atoms with Crippen LogP contribution in [0.1, 0.15) is 348 Å². The molecule has 0 saturated heterocycles. The maximum absolute atomic E-state index is 12.9. The highest BCUT2D eigenvalue weighted by molar-refractivity contribution is 5.71. The molecule has 6 heteroatoms. The number of hydrogen-bond donors (Lipinski definition) is 0. The molecule has 0 aromatic rings. The Morgan fingerprint density at radius 1 is 0.256 bits per heavy atom. The summed E-state index contributed by atoms with van der Waals surface area (Å²) in [4.78, 5) is 38.4. The third kappa shape index (κ3) is 63.7. The van der Waals surface area contributed by atoms with Gasteiger partial charge in [-0.1, -0.05) is 286 Å². The molecular weight excluding hydrogens is 961 g/mol. The third-order valence-corrected chi connectivity index (χ3v) is 14.9. The number of ether oxygens (including phenoxy) is 3. The first kappa shape index (κ1) is 74.8. The molecule has 1 unspecified atom stereocenters. The Bertz CT molecular complexity index is 1440. The zero-order valence-electron chi connectivity index (χ0n) is 51.9. The van der Waals surface area contributed by atoms with Crippen molar-refractivity contribution in [2.24, 2.45) is 0 Å². The van der Waals surface area contributed by atoms with Gasteiger partial charge >= 0.3 is 17.9 Å². The molecule has 0 aliphatic rings. The van der Waals surface area contributed by atoms with E-state index in [0.29, 0.717) is 19.3 Å². The number of allylic oxidation sites excluding steroid dienone is 12. The molecule has 0 N–H and O–H groups in total. The summed E-state index contributed by atoms with van der Waals surface area (Å²) in [5.74, 6) is -0.882. The Hall–Kier alpha value is -3.15. The minimum absolute atomic E-state index is 0.0804. The van der Waals surface area contributed by atoms with Crippen molar-refractivity contribution in [1.29, 1.82) is 0 Å². The van der Waals surface area contributed by atoms with Crippen molar-refractivity contribution >= 4 is 17.9 Å². The minimum Gasteiger partial charge on any atom is -0.462 e. The first-order chi connectivity index (χ1) is 38.5. The van der Waals surface area contributed by atoms with Crippen LogP contribution in [0, 0.1) is 0 Å². The quantitative estimate of drug-likeness (QED) is 0.0261. The molecule has 0 saturated carbocycles. The van der Waals surface area contributed by atoms with E-state index in [1.807, 2.05) is 0 Å². The summed E-state index contributed by atoms with van der Waals surface area (Å²) >= 11 is 0. The Labute approximate surface area is 484 Å². The van der Waals surface area contributed by atoms with Crippen LogP contribution < -0.4 is 0 Å². The van der Waals surface area contributed by atoms with E-state index >= 15 is 0 Å². The van der Waals surface area contributed by atoms with Crippen LogP contribution >= 0.6 is 0 Å². The summed E-state index contributed by atoms with van der Waals surface area (Å²) in [6.07, 6.45) is 86.2. The molecule has 0 amide bonds. The molecule has 0 heterocycles. The van der Waals surface area contributed by atoms with E-state index in [-0.39, 0.29) is 31.1 Å². The fourth-order valence-corrected chi connectivity index (χ4v) is 9.77. The van der Waals surface area contributed by atoms with Crippen LogP contribution in [0.4, 0.5) is 0 Å². The van der Waals surface area contributed by atoms with Crippen LogP contribution in [-0.2, 0) is 28.6 Å². The van der Waals surface area contributed by atoms with E-state index in [1.165, 1.54) is 218 Å². The first-order valence-corrected chi connectivity index (χ1v) is 33.9. The summed E-state index contributed by atoms with van der Waals surface area (Å²) in [7, 11) is 0. The number of rotatable bonds is 62. The molecular formula is C72H128O6. The van der Waals surface area contributed by atoms with Gasteiger partial charge < -0.3 is 14.2 Å². The summed E-state index contributed by atoms with van der Waals surface area (Å²) in [6, 6.07) is 0. The van der Waals surface area contributed by atoms with Gasteiger partial charge in [0.2, 0.25) is 0 Å². The standard InChI is InChI=1S/C72H128O6/c1-4-7-10-13-16-19-22-25-28-30-32-33-34-35-36-37-38-39-40-42-44-47-50-53-56-59-62-65-71(74)77-68-69(67-76-70(73)64-61-58-55-52-49-46-43-27-24-21-18-15-12-9-6-3)78-72(75)66-63-60-57-54-51-48-45-41-31-29-26-23-20-17-14-11-8-5-2/h20,22-23,25,27,29-32,34-35,43,69H,4-19,21,24,26,28,33,36-42,44-68H2,1-3H3/b23-20-,25-22-,31-29-,32-30-,35-34-,43-27-. The highest BCUT2D eigenvalue weighted by Crippen LogP contribution is 2.16. The van der Waals surface area contributed by atoms with E-state index in [1.54, 1.807) is 0 Å².